The molecule has 0 saturated carbocycles. The largest absolute Gasteiger partial charge is 0.391 e. The molecule has 1 aliphatic heterocycles. The number of carbonyl (C=O) groups excluding carboxylic acids is 2. The number of aliphatic hydroxyl groups excluding tert-OH is 1. The number of Topliss-reactive ketones (excluding diaryl/α,β-unsaturated/α-hetero) is 1. The summed E-state index contributed by atoms with van der Waals surface area (Å²) in [5.74, 6) is 0.00843. The number of ketones is 1. The van der Waals surface area contributed by atoms with Crippen molar-refractivity contribution in [1.82, 2.24) is 4.90 Å². The molecule has 2 N–H and O–H groups in total. The topological polar surface area (TPSA) is 69.6 Å². The van der Waals surface area contributed by atoms with Crippen LogP contribution in [0.15, 0.2) is 30.3 Å². The lowest BCUT2D eigenvalue weighted by molar-refractivity contribution is 0.0474. The average Bonchev–Trinajstić information content (AvgIpc) is 2.67. The minimum atomic E-state index is -0.448. The van der Waals surface area contributed by atoms with Crippen LogP contribution in [0.25, 0.3) is 0 Å². The summed E-state index contributed by atoms with van der Waals surface area (Å²) < 4.78 is 0. The predicted octanol–water partition coefficient (Wildman–Crippen LogP) is 4.02. The van der Waals surface area contributed by atoms with Crippen molar-refractivity contribution in [2.24, 2.45) is 0 Å². The normalized spacial score (nSPS) is 16.6. The highest BCUT2D eigenvalue weighted by molar-refractivity contribution is 6.00. The number of amides is 1. The molecule has 0 bridgehead atoms. The number of nitrogens with zero attached hydrogens (tertiary/aromatic N) is 1. The highest BCUT2D eigenvalue weighted by Gasteiger charge is 2.24. The number of anilines is 1. The van der Waals surface area contributed by atoms with Crippen LogP contribution in [0.3, 0.4) is 0 Å². The summed E-state index contributed by atoms with van der Waals surface area (Å²) in [4.78, 5) is 26.8. The number of β-amino-alcohol motifs (C(OH)–C–C–N with tert-alkyl or cyclic N) is 1. The number of piperidine rings is 1. The van der Waals surface area contributed by atoms with Gasteiger partial charge >= 0.3 is 0 Å². The molecule has 0 unspecified atom stereocenters. The Bertz CT molecular complexity index is 936. The van der Waals surface area contributed by atoms with E-state index in [9.17, 15) is 14.7 Å². The van der Waals surface area contributed by atoms with Gasteiger partial charge in [0.05, 0.1) is 11.7 Å². The summed E-state index contributed by atoms with van der Waals surface area (Å²) in [6, 6.07) is 9.53. The third kappa shape index (κ3) is 4.51. The fraction of sp³-hybridized carbons (Fsp3) is 0.417. The van der Waals surface area contributed by atoms with Crippen LogP contribution in [0.2, 0.25) is 0 Å². The lowest BCUT2D eigenvalue weighted by atomic mass is 9.91. The SMILES string of the molecule is CC(=O)c1c(C)cc(C)c(CNc2ccccc2C(=O)N2CCC[C@H](O)C2)c1C. The molecule has 154 valence electrons. The van der Waals surface area contributed by atoms with Gasteiger partial charge in [0, 0.05) is 30.9 Å². The molecule has 0 radical (unpaired) electrons. The van der Waals surface area contributed by atoms with Gasteiger partial charge in [-0.3, -0.25) is 9.59 Å². The molecule has 2 aromatic rings. The number of nitrogens with one attached hydrogen (secondary N) is 1. The summed E-state index contributed by atoms with van der Waals surface area (Å²) in [5, 5.41) is 13.3. The molecule has 29 heavy (non-hydrogen) atoms. The van der Waals surface area contributed by atoms with Crippen LogP contribution in [0.1, 0.15) is 62.7 Å². The Balaban J connectivity index is 1.85. The molecule has 1 aliphatic rings. The molecule has 2 aromatic carbocycles. The van der Waals surface area contributed by atoms with Crippen LogP contribution in [0.5, 0.6) is 0 Å². The first-order valence-corrected chi connectivity index (χ1v) is 10.2. The number of aryl methyl sites for hydroxylation is 2. The summed E-state index contributed by atoms with van der Waals surface area (Å²) >= 11 is 0. The monoisotopic (exact) mass is 394 g/mol. The van der Waals surface area contributed by atoms with Gasteiger partial charge in [0.15, 0.2) is 5.78 Å². The molecule has 0 aliphatic carbocycles. The van der Waals surface area contributed by atoms with Crippen LogP contribution in [0.4, 0.5) is 5.69 Å². The Kier molecular flexibility index (Phi) is 6.38. The second-order valence-corrected chi connectivity index (χ2v) is 7.99. The van der Waals surface area contributed by atoms with E-state index in [0.717, 1.165) is 46.3 Å². The highest BCUT2D eigenvalue weighted by Crippen LogP contribution is 2.25. The van der Waals surface area contributed by atoms with Gasteiger partial charge in [0.25, 0.3) is 5.91 Å². The van der Waals surface area contributed by atoms with Crippen molar-refractivity contribution in [3.8, 4) is 0 Å². The van der Waals surface area contributed by atoms with Gasteiger partial charge in [-0.05, 0) is 74.9 Å². The van der Waals surface area contributed by atoms with Crippen molar-refractivity contribution in [3.05, 3.63) is 63.7 Å². The maximum absolute atomic E-state index is 13.0. The minimum Gasteiger partial charge on any atom is -0.391 e. The lowest BCUT2D eigenvalue weighted by Crippen LogP contribution is -2.42. The van der Waals surface area contributed by atoms with Crippen LogP contribution in [0, 0.1) is 20.8 Å². The number of hydrogen-bond acceptors (Lipinski definition) is 4. The Morgan fingerprint density at radius 2 is 1.90 bits per heavy atom. The van der Waals surface area contributed by atoms with Crippen molar-refractivity contribution in [3.63, 3.8) is 0 Å². The second kappa shape index (κ2) is 8.78. The predicted molar refractivity (Wildman–Crippen MR) is 116 cm³/mol. The first-order chi connectivity index (χ1) is 13.8. The highest BCUT2D eigenvalue weighted by atomic mass is 16.3. The van der Waals surface area contributed by atoms with E-state index in [4.69, 9.17) is 0 Å². The molecule has 1 fully saturated rings. The van der Waals surface area contributed by atoms with E-state index in [2.05, 4.69) is 5.32 Å². The maximum atomic E-state index is 13.0. The van der Waals surface area contributed by atoms with Gasteiger partial charge in [-0.25, -0.2) is 0 Å². The van der Waals surface area contributed by atoms with Gasteiger partial charge in [0.2, 0.25) is 0 Å². The molecule has 1 heterocycles. The number of aliphatic hydroxyl groups is 1. The molecular formula is C24H30N2O3. The van der Waals surface area contributed by atoms with Crippen LogP contribution >= 0.6 is 0 Å². The molecule has 0 aromatic heterocycles. The smallest absolute Gasteiger partial charge is 0.256 e. The quantitative estimate of drug-likeness (QED) is 0.752. The van der Waals surface area contributed by atoms with Crippen LogP contribution < -0.4 is 5.32 Å². The molecule has 3 rings (SSSR count). The fourth-order valence-corrected chi connectivity index (χ4v) is 4.36. The summed E-state index contributed by atoms with van der Waals surface area (Å²) in [6.07, 6.45) is 1.11. The van der Waals surface area contributed by atoms with Gasteiger partial charge in [-0.2, -0.15) is 0 Å². The number of para-hydroxylation sites is 1. The molecule has 0 spiro atoms. The first kappa shape index (κ1) is 21.1. The van der Waals surface area contributed by atoms with E-state index in [1.165, 1.54) is 0 Å². The Morgan fingerprint density at radius 1 is 1.17 bits per heavy atom. The van der Waals surface area contributed by atoms with Crippen molar-refractivity contribution >= 4 is 17.4 Å². The lowest BCUT2D eigenvalue weighted by Gasteiger charge is -2.30. The summed E-state index contributed by atoms with van der Waals surface area (Å²) in [5.41, 5.74) is 6.34. The van der Waals surface area contributed by atoms with Crippen molar-refractivity contribution < 1.29 is 14.7 Å². The Hall–Kier alpha value is -2.66. The molecule has 5 heteroatoms. The van der Waals surface area contributed by atoms with Crippen molar-refractivity contribution in [1.29, 1.82) is 0 Å². The van der Waals surface area contributed by atoms with Crippen LogP contribution in [-0.4, -0.2) is 40.9 Å². The zero-order valence-electron chi connectivity index (χ0n) is 17.7. The number of hydrogen-bond donors (Lipinski definition) is 2. The van der Waals surface area contributed by atoms with Crippen LogP contribution in [-0.2, 0) is 6.54 Å². The number of benzene rings is 2. The number of rotatable bonds is 5. The summed E-state index contributed by atoms with van der Waals surface area (Å²) in [6.45, 7) is 9.18. The molecule has 1 amide bonds. The molecule has 1 saturated heterocycles. The van der Waals surface area contributed by atoms with Crippen molar-refractivity contribution in [2.75, 3.05) is 18.4 Å². The third-order valence-corrected chi connectivity index (χ3v) is 5.78. The standard InChI is InChI=1S/C24H30N2O3/c1-15-12-16(2)23(18(4)27)17(3)21(15)13-25-22-10-6-5-9-20(22)24(29)26-11-7-8-19(28)14-26/h5-6,9-10,12,19,25,28H,7-8,11,13-14H2,1-4H3/t19-/m0/s1. The van der Waals surface area contributed by atoms with Gasteiger partial charge < -0.3 is 15.3 Å². The molecule has 5 nitrogen and oxygen atoms in total. The van der Waals surface area contributed by atoms with E-state index in [1.54, 1.807) is 11.8 Å². The molecule has 1 atom stereocenters. The zero-order chi connectivity index (χ0) is 21.1. The van der Waals surface area contributed by atoms with E-state index < -0.39 is 6.10 Å². The Labute approximate surface area is 172 Å². The maximum Gasteiger partial charge on any atom is 0.256 e. The van der Waals surface area contributed by atoms with E-state index in [0.29, 0.717) is 25.2 Å². The fourth-order valence-electron chi connectivity index (χ4n) is 4.36. The molecular weight excluding hydrogens is 364 g/mol. The van der Waals surface area contributed by atoms with Gasteiger partial charge in [-0.1, -0.05) is 18.2 Å². The van der Waals surface area contributed by atoms with E-state index in [-0.39, 0.29) is 11.7 Å². The van der Waals surface area contributed by atoms with E-state index in [1.807, 2.05) is 51.1 Å². The first-order valence-electron chi connectivity index (χ1n) is 10.2. The van der Waals surface area contributed by atoms with Gasteiger partial charge in [0.1, 0.15) is 0 Å². The number of carbonyl (C=O) groups is 2. The summed E-state index contributed by atoms with van der Waals surface area (Å²) in [7, 11) is 0. The number of likely N-dealkylation sites (tertiary alicyclic amines) is 1. The Morgan fingerprint density at radius 3 is 2.59 bits per heavy atom. The minimum absolute atomic E-state index is 0.0615. The third-order valence-electron chi connectivity index (χ3n) is 5.78. The van der Waals surface area contributed by atoms with Gasteiger partial charge in [-0.15, -0.1) is 0 Å². The van der Waals surface area contributed by atoms with Crippen molar-refractivity contribution in [2.45, 2.75) is 53.2 Å². The van der Waals surface area contributed by atoms with E-state index >= 15 is 0 Å². The zero-order valence-corrected chi connectivity index (χ0v) is 17.7. The average molecular weight is 395 g/mol. The second-order valence-electron chi connectivity index (χ2n) is 7.99.